The third-order valence-electron chi connectivity index (χ3n) is 5.94. The molecule has 3 aromatic carbocycles. The maximum absolute atomic E-state index is 13.6. The van der Waals surface area contributed by atoms with Gasteiger partial charge in [-0.1, -0.05) is 61.9 Å². The van der Waals surface area contributed by atoms with Gasteiger partial charge in [0.05, 0.1) is 24.5 Å². The van der Waals surface area contributed by atoms with E-state index in [-0.39, 0.29) is 19.7 Å². The summed E-state index contributed by atoms with van der Waals surface area (Å²) < 4.78 is 5.27. The molecule has 0 aliphatic carbocycles. The number of hydrogen-bond donors (Lipinski definition) is 1. The van der Waals surface area contributed by atoms with Crippen LogP contribution in [0.1, 0.15) is 30.1 Å². The van der Waals surface area contributed by atoms with Crippen LogP contribution in [0.2, 0.25) is 0 Å². The molecule has 0 saturated carbocycles. The maximum Gasteiger partial charge on any atom is 0.326 e. The van der Waals surface area contributed by atoms with E-state index in [0.29, 0.717) is 23.3 Å². The van der Waals surface area contributed by atoms with Crippen LogP contribution in [0.5, 0.6) is 0 Å². The first-order valence-corrected chi connectivity index (χ1v) is 11.6. The Balaban J connectivity index is 1.64. The van der Waals surface area contributed by atoms with E-state index in [1.165, 1.54) is 9.80 Å². The zero-order chi connectivity index (χ0) is 24.8. The normalized spacial score (nSPS) is 15.3. The van der Waals surface area contributed by atoms with Crippen molar-refractivity contribution in [2.24, 2.45) is 0 Å². The van der Waals surface area contributed by atoms with Crippen LogP contribution >= 0.6 is 0 Å². The van der Waals surface area contributed by atoms with E-state index in [2.05, 4.69) is 5.32 Å². The van der Waals surface area contributed by atoms with Crippen molar-refractivity contribution in [2.75, 3.05) is 29.5 Å². The predicted molar refractivity (Wildman–Crippen MR) is 133 cm³/mol. The molecule has 0 unspecified atom stereocenters. The van der Waals surface area contributed by atoms with Gasteiger partial charge in [0.15, 0.2) is 0 Å². The zero-order valence-electron chi connectivity index (χ0n) is 19.5. The van der Waals surface area contributed by atoms with Gasteiger partial charge in [0.1, 0.15) is 12.6 Å². The van der Waals surface area contributed by atoms with Crippen molar-refractivity contribution in [3.05, 3.63) is 72.3 Å². The Morgan fingerprint density at radius 2 is 1.74 bits per heavy atom. The Hall–Kier alpha value is -4.20. The number of amides is 3. The highest BCUT2D eigenvalue weighted by atomic mass is 16.5. The molecule has 3 amide bonds. The fraction of sp³-hybridized carbons (Fsp3) is 0.259. The molecule has 4 rings (SSSR count). The molecule has 1 aliphatic rings. The van der Waals surface area contributed by atoms with Crippen LogP contribution in [-0.4, -0.2) is 49.9 Å². The van der Waals surface area contributed by atoms with E-state index in [4.69, 9.17) is 4.74 Å². The second-order valence-corrected chi connectivity index (χ2v) is 8.30. The molecule has 35 heavy (non-hydrogen) atoms. The fourth-order valence-corrected chi connectivity index (χ4v) is 4.15. The number of nitrogens with zero attached hydrogens (tertiary/aromatic N) is 2. The quantitative estimate of drug-likeness (QED) is 0.308. The van der Waals surface area contributed by atoms with Gasteiger partial charge in [-0.15, -0.1) is 0 Å². The number of anilines is 2. The van der Waals surface area contributed by atoms with E-state index in [1.807, 2.05) is 37.3 Å². The molecule has 1 heterocycles. The lowest BCUT2D eigenvalue weighted by molar-refractivity contribution is -0.143. The molecule has 0 aromatic heterocycles. The average Bonchev–Trinajstić information content (AvgIpc) is 2.99. The van der Waals surface area contributed by atoms with Crippen molar-refractivity contribution >= 4 is 46.3 Å². The fourth-order valence-electron chi connectivity index (χ4n) is 4.15. The summed E-state index contributed by atoms with van der Waals surface area (Å²) in [7, 11) is 0. The molecule has 1 atom stereocenters. The molecule has 0 fully saturated rings. The molecular weight excluding hydrogens is 446 g/mol. The first-order valence-electron chi connectivity index (χ1n) is 11.6. The van der Waals surface area contributed by atoms with Gasteiger partial charge in [0, 0.05) is 5.56 Å². The largest absolute Gasteiger partial charge is 0.464 e. The van der Waals surface area contributed by atoms with E-state index >= 15 is 0 Å². The van der Waals surface area contributed by atoms with Crippen LogP contribution in [0.4, 0.5) is 11.4 Å². The number of para-hydroxylation sites is 2. The molecule has 1 aliphatic heterocycles. The molecule has 3 aromatic rings. The standard InChI is InChI=1S/C27H27N3O5/c1-2-3-15-35-25(32)17-30-24-14-7-6-13-23(24)29(18-31)16-22(27(30)34)28-26(33)21-12-8-10-19-9-4-5-11-20(19)21/h4-14,18,22H,2-3,15-17H2,1H3,(H,28,33)/t22-/m0/s1. The minimum Gasteiger partial charge on any atom is -0.464 e. The summed E-state index contributed by atoms with van der Waals surface area (Å²) in [6.45, 7) is 1.85. The summed E-state index contributed by atoms with van der Waals surface area (Å²) in [6.07, 6.45) is 2.21. The van der Waals surface area contributed by atoms with Crippen LogP contribution in [0.15, 0.2) is 66.7 Å². The summed E-state index contributed by atoms with van der Waals surface area (Å²) in [6, 6.07) is 18.6. The number of ether oxygens (including phenoxy) is 1. The number of carbonyl (C=O) groups is 4. The van der Waals surface area contributed by atoms with E-state index < -0.39 is 23.8 Å². The van der Waals surface area contributed by atoms with Gasteiger partial charge in [0.2, 0.25) is 6.41 Å². The first-order chi connectivity index (χ1) is 17.0. The number of benzene rings is 3. The smallest absolute Gasteiger partial charge is 0.326 e. The summed E-state index contributed by atoms with van der Waals surface area (Å²) in [5, 5.41) is 4.43. The van der Waals surface area contributed by atoms with Gasteiger partial charge < -0.3 is 15.0 Å². The average molecular weight is 474 g/mol. The van der Waals surface area contributed by atoms with Gasteiger partial charge >= 0.3 is 5.97 Å². The lowest BCUT2D eigenvalue weighted by Gasteiger charge is -2.24. The van der Waals surface area contributed by atoms with Gasteiger partial charge in [-0.05, 0) is 35.4 Å². The van der Waals surface area contributed by atoms with Gasteiger partial charge in [-0.25, -0.2) is 0 Å². The van der Waals surface area contributed by atoms with Crippen molar-refractivity contribution < 1.29 is 23.9 Å². The molecule has 0 radical (unpaired) electrons. The molecule has 8 heteroatoms. The number of hydrogen-bond acceptors (Lipinski definition) is 5. The lowest BCUT2D eigenvalue weighted by atomic mass is 10.0. The second kappa shape index (κ2) is 10.8. The Kier molecular flexibility index (Phi) is 7.40. The van der Waals surface area contributed by atoms with Gasteiger partial charge in [0.25, 0.3) is 11.8 Å². The number of unbranched alkanes of at least 4 members (excludes halogenated alkanes) is 1. The Bertz CT molecular complexity index is 1250. The third-order valence-corrected chi connectivity index (χ3v) is 5.94. The van der Waals surface area contributed by atoms with Gasteiger partial charge in [-0.2, -0.15) is 0 Å². The van der Waals surface area contributed by atoms with E-state index in [9.17, 15) is 19.2 Å². The Labute approximate surface area is 203 Å². The minimum atomic E-state index is -1.07. The van der Waals surface area contributed by atoms with Crippen molar-refractivity contribution in [3.63, 3.8) is 0 Å². The Morgan fingerprint density at radius 3 is 2.51 bits per heavy atom. The summed E-state index contributed by atoms with van der Waals surface area (Å²) in [5.41, 5.74) is 1.29. The highest BCUT2D eigenvalue weighted by molar-refractivity contribution is 6.11. The number of rotatable bonds is 8. The van der Waals surface area contributed by atoms with Crippen molar-refractivity contribution in [3.8, 4) is 0 Å². The second-order valence-electron chi connectivity index (χ2n) is 8.30. The summed E-state index contributed by atoms with van der Waals surface area (Å²) in [5.74, 6) is -1.49. The van der Waals surface area contributed by atoms with E-state index in [0.717, 1.165) is 23.6 Å². The number of nitrogens with one attached hydrogen (secondary N) is 1. The number of fused-ring (bicyclic) bond motifs is 2. The molecular formula is C27H27N3O5. The monoisotopic (exact) mass is 473 g/mol. The number of esters is 1. The molecule has 180 valence electrons. The van der Waals surface area contributed by atoms with Crippen LogP contribution < -0.4 is 15.1 Å². The highest BCUT2D eigenvalue weighted by Gasteiger charge is 2.36. The summed E-state index contributed by atoms with van der Waals surface area (Å²) >= 11 is 0. The Morgan fingerprint density at radius 1 is 1.03 bits per heavy atom. The zero-order valence-corrected chi connectivity index (χ0v) is 19.5. The van der Waals surface area contributed by atoms with Crippen molar-refractivity contribution in [1.29, 1.82) is 0 Å². The topological polar surface area (TPSA) is 96.0 Å². The maximum atomic E-state index is 13.6. The third kappa shape index (κ3) is 5.16. The van der Waals surface area contributed by atoms with E-state index in [1.54, 1.807) is 36.4 Å². The molecule has 0 bridgehead atoms. The van der Waals surface area contributed by atoms with Crippen LogP contribution in [0.3, 0.4) is 0 Å². The lowest BCUT2D eigenvalue weighted by Crippen LogP contribution is -2.53. The molecule has 8 nitrogen and oxygen atoms in total. The summed E-state index contributed by atoms with van der Waals surface area (Å²) in [4.78, 5) is 54.0. The molecule has 1 N–H and O–H groups in total. The minimum absolute atomic E-state index is 0.0722. The van der Waals surface area contributed by atoms with Gasteiger partial charge in [-0.3, -0.25) is 24.1 Å². The van der Waals surface area contributed by atoms with Crippen LogP contribution in [-0.2, 0) is 19.1 Å². The van der Waals surface area contributed by atoms with Crippen LogP contribution in [0, 0.1) is 0 Å². The van der Waals surface area contributed by atoms with Crippen LogP contribution in [0.25, 0.3) is 10.8 Å². The highest BCUT2D eigenvalue weighted by Crippen LogP contribution is 2.32. The molecule has 0 saturated heterocycles. The first kappa shape index (κ1) is 23.9. The predicted octanol–water partition coefficient (Wildman–Crippen LogP) is 3.29. The van der Waals surface area contributed by atoms with Crippen molar-refractivity contribution in [1.82, 2.24) is 5.32 Å². The SMILES string of the molecule is CCCCOC(=O)CN1C(=O)[C@@H](NC(=O)c2cccc3ccccc23)CN(C=O)c2ccccc21. The van der Waals surface area contributed by atoms with Crippen molar-refractivity contribution in [2.45, 2.75) is 25.8 Å². The molecule has 0 spiro atoms. The number of carbonyl (C=O) groups excluding carboxylic acids is 4.